The van der Waals surface area contributed by atoms with E-state index in [1.807, 2.05) is 0 Å². The number of carbonyl (C=O) groups is 1. The highest BCUT2D eigenvalue weighted by molar-refractivity contribution is 5.88. The van der Waals surface area contributed by atoms with Crippen molar-refractivity contribution in [2.75, 3.05) is 6.54 Å². The Bertz CT molecular complexity index is 221. The van der Waals surface area contributed by atoms with Crippen molar-refractivity contribution in [2.45, 2.75) is 65.3 Å². The van der Waals surface area contributed by atoms with E-state index in [1.54, 1.807) is 0 Å². The van der Waals surface area contributed by atoms with Crippen LogP contribution in [0.4, 0.5) is 0 Å². The molecule has 1 fully saturated rings. The minimum atomic E-state index is -0.175. The molecule has 1 heterocycles. The number of carbonyl (C=O) groups excluding carboxylic acids is 1. The molecule has 0 amide bonds. The maximum absolute atomic E-state index is 12.2. The van der Waals surface area contributed by atoms with E-state index in [0.29, 0.717) is 5.78 Å². The molecule has 1 aliphatic rings. The zero-order valence-corrected chi connectivity index (χ0v) is 10.7. The Morgan fingerprint density at radius 3 is 2.47 bits per heavy atom. The number of nitrogens with one attached hydrogen (secondary N) is 1. The highest BCUT2D eigenvalue weighted by atomic mass is 16.1. The van der Waals surface area contributed by atoms with Gasteiger partial charge in [-0.2, -0.15) is 0 Å². The molecule has 1 saturated heterocycles. The van der Waals surface area contributed by atoms with Crippen molar-refractivity contribution in [2.24, 2.45) is 5.41 Å². The topological polar surface area (TPSA) is 29.1 Å². The molecule has 15 heavy (non-hydrogen) atoms. The second-order valence-corrected chi connectivity index (χ2v) is 5.95. The first kappa shape index (κ1) is 12.7. The molecule has 1 aliphatic heterocycles. The molecule has 2 heteroatoms. The highest BCUT2D eigenvalue weighted by Gasteiger charge is 2.38. The molecule has 1 atom stereocenters. The second-order valence-electron chi connectivity index (χ2n) is 5.95. The quantitative estimate of drug-likeness (QED) is 0.774. The van der Waals surface area contributed by atoms with Crippen LogP contribution in [0.5, 0.6) is 0 Å². The van der Waals surface area contributed by atoms with Crippen molar-refractivity contribution >= 4 is 5.78 Å². The molecule has 0 aliphatic carbocycles. The molecule has 0 aromatic carbocycles. The largest absolute Gasteiger partial charge is 0.305 e. The summed E-state index contributed by atoms with van der Waals surface area (Å²) >= 11 is 0. The molecule has 1 rings (SSSR count). The molecular weight excluding hydrogens is 186 g/mol. The van der Waals surface area contributed by atoms with Gasteiger partial charge in [-0.15, -0.1) is 0 Å². The van der Waals surface area contributed by atoms with Crippen molar-refractivity contribution in [3.8, 4) is 0 Å². The average molecular weight is 211 g/mol. The van der Waals surface area contributed by atoms with Gasteiger partial charge in [0.15, 0.2) is 5.78 Å². The number of hydrogen-bond acceptors (Lipinski definition) is 2. The Morgan fingerprint density at radius 2 is 2.07 bits per heavy atom. The lowest BCUT2D eigenvalue weighted by atomic mass is 9.82. The van der Waals surface area contributed by atoms with Gasteiger partial charge in [0.2, 0.25) is 0 Å². The zero-order chi connectivity index (χ0) is 11.5. The van der Waals surface area contributed by atoms with Crippen molar-refractivity contribution in [1.82, 2.24) is 5.32 Å². The molecule has 88 valence electrons. The lowest BCUT2D eigenvalue weighted by Gasteiger charge is -2.28. The molecule has 0 bridgehead atoms. The summed E-state index contributed by atoms with van der Waals surface area (Å²) < 4.78 is 0. The normalized spacial score (nSPS) is 26.9. The third-order valence-electron chi connectivity index (χ3n) is 3.48. The fourth-order valence-corrected chi connectivity index (χ4v) is 2.27. The van der Waals surface area contributed by atoms with Gasteiger partial charge in [-0.1, -0.05) is 27.7 Å². The summed E-state index contributed by atoms with van der Waals surface area (Å²) in [4.78, 5) is 12.2. The van der Waals surface area contributed by atoms with E-state index in [-0.39, 0.29) is 11.0 Å². The van der Waals surface area contributed by atoms with Crippen molar-refractivity contribution in [3.63, 3.8) is 0 Å². The summed E-state index contributed by atoms with van der Waals surface area (Å²) in [7, 11) is 0. The average Bonchev–Trinajstić information content (AvgIpc) is 2.62. The van der Waals surface area contributed by atoms with Gasteiger partial charge in [-0.25, -0.2) is 0 Å². The second kappa shape index (κ2) is 4.65. The highest BCUT2D eigenvalue weighted by Crippen LogP contribution is 2.28. The van der Waals surface area contributed by atoms with Gasteiger partial charge in [0.25, 0.3) is 0 Å². The van der Waals surface area contributed by atoms with E-state index in [9.17, 15) is 4.79 Å². The van der Waals surface area contributed by atoms with Gasteiger partial charge < -0.3 is 5.32 Å². The maximum atomic E-state index is 12.2. The Kier molecular flexibility index (Phi) is 3.93. The van der Waals surface area contributed by atoms with Crippen LogP contribution in [0.1, 0.15) is 59.8 Å². The van der Waals surface area contributed by atoms with Gasteiger partial charge in [-0.3, -0.25) is 4.79 Å². The van der Waals surface area contributed by atoms with Crippen LogP contribution in [0.2, 0.25) is 0 Å². The number of ketones is 1. The third-order valence-corrected chi connectivity index (χ3v) is 3.48. The molecule has 0 aromatic rings. The van der Waals surface area contributed by atoms with Gasteiger partial charge in [-0.05, 0) is 37.6 Å². The lowest BCUT2D eigenvalue weighted by Crippen LogP contribution is -2.47. The van der Waals surface area contributed by atoms with Crippen LogP contribution in [-0.4, -0.2) is 17.9 Å². The van der Waals surface area contributed by atoms with Crippen LogP contribution < -0.4 is 5.32 Å². The molecular formula is C13H25NO. The van der Waals surface area contributed by atoms with Gasteiger partial charge in [0.1, 0.15) is 0 Å². The van der Waals surface area contributed by atoms with E-state index < -0.39 is 0 Å². The summed E-state index contributed by atoms with van der Waals surface area (Å²) in [6.45, 7) is 9.71. The zero-order valence-electron chi connectivity index (χ0n) is 10.7. The van der Waals surface area contributed by atoms with Gasteiger partial charge >= 0.3 is 0 Å². The summed E-state index contributed by atoms with van der Waals surface area (Å²) in [5.41, 5.74) is 0.0917. The predicted molar refractivity (Wildman–Crippen MR) is 64.0 cm³/mol. The standard InChI is InChI=1S/C13H25NO/c1-5-13(8-6-10-14-13)11(15)7-9-12(2,3)4/h14H,5-10H2,1-4H3. The van der Waals surface area contributed by atoms with E-state index in [4.69, 9.17) is 0 Å². The van der Waals surface area contributed by atoms with E-state index in [1.165, 1.54) is 0 Å². The van der Waals surface area contributed by atoms with Crippen molar-refractivity contribution in [1.29, 1.82) is 0 Å². The van der Waals surface area contributed by atoms with Crippen LogP contribution >= 0.6 is 0 Å². The molecule has 0 radical (unpaired) electrons. The summed E-state index contributed by atoms with van der Waals surface area (Å²) in [5, 5.41) is 3.41. The summed E-state index contributed by atoms with van der Waals surface area (Å²) in [6, 6.07) is 0. The number of rotatable bonds is 4. The van der Waals surface area contributed by atoms with Crippen LogP contribution in [0.3, 0.4) is 0 Å². The molecule has 0 aromatic heterocycles. The van der Waals surface area contributed by atoms with Crippen molar-refractivity contribution in [3.05, 3.63) is 0 Å². The molecule has 0 saturated carbocycles. The monoisotopic (exact) mass is 211 g/mol. The Labute approximate surface area is 93.8 Å². The fraction of sp³-hybridized carbons (Fsp3) is 0.923. The number of Topliss-reactive ketones (excluding diaryl/α,β-unsaturated/α-hetero) is 1. The molecule has 0 spiro atoms. The first-order chi connectivity index (χ1) is 6.90. The Balaban J connectivity index is 2.51. The molecule has 1 unspecified atom stereocenters. The van der Waals surface area contributed by atoms with E-state index in [2.05, 4.69) is 33.0 Å². The maximum Gasteiger partial charge on any atom is 0.152 e. The first-order valence-corrected chi connectivity index (χ1v) is 6.18. The smallest absolute Gasteiger partial charge is 0.152 e. The van der Waals surface area contributed by atoms with Crippen LogP contribution in [0.25, 0.3) is 0 Å². The SMILES string of the molecule is CCC1(C(=O)CCC(C)(C)C)CCCN1. The van der Waals surface area contributed by atoms with Crippen LogP contribution in [0, 0.1) is 5.41 Å². The lowest BCUT2D eigenvalue weighted by molar-refractivity contribution is -0.125. The first-order valence-electron chi connectivity index (χ1n) is 6.18. The molecule has 1 N–H and O–H groups in total. The van der Waals surface area contributed by atoms with Crippen LogP contribution in [-0.2, 0) is 4.79 Å². The van der Waals surface area contributed by atoms with E-state index >= 15 is 0 Å². The third kappa shape index (κ3) is 3.30. The van der Waals surface area contributed by atoms with Gasteiger partial charge in [0, 0.05) is 6.42 Å². The Morgan fingerprint density at radius 1 is 1.40 bits per heavy atom. The minimum absolute atomic E-state index is 0.175. The fourth-order valence-electron chi connectivity index (χ4n) is 2.27. The summed E-state index contributed by atoms with van der Waals surface area (Å²) in [5.74, 6) is 0.428. The summed E-state index contributed by atoms with van der Waals surface area (Å²) in [6.07, 6.45) is 4.84. The predicted octanol–water partition coefficient (Wildman–Crippen LogP) is 2.91. The van der Waals surface area contributed by atoms with E-state index in [0.717, 1.165) is 38.6 Å². The van der Waals surface area contributed by atoms with Crippen LogP contribution in [0.15, 0.2) is 0 Å². The minimum Gasteiger partial charge on any atom is -0.305 e. The van der Waals surface area contributed by atoms with Gasteiger partial charge in [0.05, 0.1) is 5.54 Å². The number of hydrogen-bond donors (Lipinski definition) is 1. The van der Waals surface area contributed by atoms with Crippen molar-refractivity contribution < 1.29 is 4.79 Å². The Hall–Kier alpha value is -0.370. The molecule has 2 nitrogen and oxygen atoms in total.